The van der Waals surface area contributed by atoms with Crippen LogP contribution in [0, 0.1) is 0 Å². The average Bonchev–Trinajstić information content (AvgIpc) is 2.68. The van der Waals surface area contributed by atoms with E-state index in [0.29, 0.717) is 11.4 Å². The predicted molar refractivity (Wildman–Crippen MR) is 97.7 cm³/mol. The Kier molecular flexibility index (Phi) is 5.44. The third-order valence-corrected chi connectivity index (χ3v) is 3.69. The molecule has 0 aliphatic heterocycles. The number of hydrogen-bond donors (Lipinski definition) is 2. The Balaban J connectivity index is 1.78. The molecule has 1 amide bonds. The van der Waals surface area contributed by atoms with Gasteiger partial charge in [-0.05, 0) is 36.4 Å². The summed E-state index contributed by atoms with van der Waals surface area (Å²) < 4.78 is 43.6. The van der Waals surface area contributed by atoms with Crippen molar-refractivity contribution in [3.05, 3.63) is 72.1 Å². The highest BCUT2D eigenvalue weighted by Gasteiger charge is 2.30. The van der Waals surface area contributed by atoms with Crippen LogP contribution >= 0.6 is 0 Å². The van der Waals surface area contributed by atoms with Crippen molar-refractivity contribution in [2.24, 2.45) is 0 Å². The molecule has 0 fully saturated rings. The molecule has 6 nitrogen and oxygen atoms in total. The van der Waals surface area contributed by atoms with Gasteiger partial charge in [-0.1, -0.05) is 18.2 Å². The number of carbonyl (C=O) groups excluding carboxylic acids is 1. The van der Waals surface area contributed by atoms with Crippen LogP contribution in [0.3, 0.4) is 0 Å². The van der Waals surface area contributed by atoms with Crippen LogP contribution in [0.25, 0.3) is 0 Å². The van der Waals surface area contributed by atoms with Gasteiger partial charge in [0.15, 0.2) is 0 Å². The Morgan fingerprint density at radius 3 is 2.61 bits per heavy atom. The molecule has 3 aromatic rings. The first-order chi connectivity index (χ1) is 13.4. The van der Waals surface area contributed by atoms with Crippen LogP contribution in [0.2, 0.25) is 0 Å². The second-order valence-electron chi connectivity index (χ2n) is 5.62. The minimum atomic E-state index is -4.46. The third-order valence-electron chi connectivity index (χ3n) is 3.69. The Labute approximate surface area is 158 Å². The molecule has 0 saturated carbocycles. The number of carbonyl (C=O) groups is 1. The van der Waals surface area contributed by atoms with Gasteiger partial charge >= 0.3 is 6.18 Å². The molecule has 0 aliphatic rings. The largest absolute Gasteiger partial charge is 0.495 e. The maximum Gasteiger partial charge on any atom is 0.416 e. The van der Waals surface area contributed by atoms with Crippen LogP contribution in [0.1, 0.15) is 16.1 Å². The van der Waals surface area contributed by atoms with Crippen molar-refractivity contribution in [3.8, 4) is 5.75 Å². The Hall–Kier alpha value is -3.62. The molecule has 3 rings (SSSR count). The van der Waals surface area contributed by atoms with E-state index in [-0.39, 0.29) is 17.3 Å². The monoisotopic (exact) mass is 388 g/mol. The van der Waals surface area contributed by atoms with E-state index >= 15 is 0 Å². The molecule has 0 atom stereocenters. The van der Waals surface area contributed by atoms with E-state index in [4.69, 9.17) is 4.74 Å². The molecular weight excluding hydrogens is 373 g/mol. The van der Waals surface area contributed by atoms with Crippen LogP contribution in [-0.2, 0) is 6.18 Å². The van der Waals surface area contributed by atoms with Gasteiger partial charge < -0.3 is 15.4 Å². The first-order valence-electron chi connectivity index (χ1n) is 8.08. The Morgan fingerprint density at radius 2 is 1.86 bits per heavy atom. The molecule has 144 valence electrons. The lowest BCUT2D eigenvalue weighted by atomic mass is 10.2. The number of hydrogen-bond acceptors (Lipinski definition) is 5. The van der Waals surface area contributed by atoms with Crippen LogP contribution in [-0.4, -0.2) is 23.0 Å². The molecule has 1 aromatic heterocycles. The number of ether oxygens (including phenoxy) is 1. The summed E-state index contributed by atoms with van der Waals surface area (Å²) in [5.41, 5.74) is -0.156. The summed E-state index contributed by atoms with van der Waals surface area (Å²) in [6.07, 6.45) is -3.13. The Bertz CT molecular complexity index is 993. The number of nitrogens with zero attached hydrogens (tertiary/aromatic N) is 2. The van der Waals surface area contributed by atoms with E-state index < -0.39 is 17.6 Å². The zero-order valence-corrected chi connectivity index (χ0v) is 14.6. The second kappa shape index (κ2) is 7.95. The number of rotatable bonds is 5. The summed E-state index contributed by atoms with van der Waals surface area (Å²) >= 11 is 0. The minimum absolute atomic E-state index is 0.00741. The van der Waals surface area contributed by atoms with Crippen LogP contribution < -0.4 is 15.4 Å². The van der Waals surface area contributed by atoms with Crippen molar-refractivity contribution in [2.45, 2.75) is 6.18 Å². The van der Waals surface area contributed by atoms with Crippen molar-refractivity contribution >= 4 is 23.2 Å². The van der Waals surface area contributed by atoms with Crippen LogP contribution in [0.4, 0.5) is 30.5 Å². The highest BCUT2D eigenvalue weighted by molar-refractivity contribution is 6.03. The standard InChI is InChI=1S/C19H15F3N4O2/c1-28-16-8-3-2-7-14(16)25-17(27)15-9-10-23-18(26-15)24-13-6-4-5-12(11-13)19(20,21)22/h2-11H,1H3,(H,25,27)(H,23,24,26). The lowest BCUT2D eigenvalue weighted by molar-refractivity contribution is -0.137. The maximum atomic E-state index is 12.8. The zero-order chi connectivity index (χ0) is 20.1. The molecule has 0 bridgehead atoms. The van der Waals surface area contributed by atoms with Gasteiger partial charge in [0.1, 0.15) is 11.4 Å². The van der Waals surface area contributed by atoms with Gasteiger partial charge in [0.05, 0.1) is 18.4 Å². The van der Waals surface area contributed by atoms with E-state index in [2.05, 4.69) is 20.6 Å². The summed E-state index contributed by atoms with van der Waals surface area (Å²) in [7, 11) is 1.48. The number of anilines is 3. The van der Waals surface area contributed by atoms with E-state index in [1.165, 1.54) is 31.5 Å². The van der Waals surface area contributed by atoms with E-state index in [1.54, 1.807) is 24.3 Å². The summed E-state index contributed by atoms with van der Waals surface area (Å²) in [6, 6.07) is 12.9. The van der Waals surface area contributed by atoms with Crippen LogP contribution in [0.15, 0.2) is 60.8 Å². The first-order valence-corrected chi connectivity index (χ1v) is 8.08. The number of alkyl halides is 3. The summed E-state index contributed by atoms with van der Waals surface area (Å²) in [5.74, 6) is -0.0433. The highest BCUT2D eigenvalue weighted by Crippen LogP contribution is 2.31. The van der Waals surface area contributed by atoms with E-state index in [1.807, 2.05) is 0 Å². The normalized spacial score (nSPS) is 11.0. The fraction of sp³-hybridized carbons (Fsp3) is 0.105. The van der Waals surface area contributed by atoms with Gasteiger partial charge in [0.2, 0.25) is 5.95 Å². The molecule has 2 N–H and O–H groups in total. The van der Waals surface area contributed by atoms with Crippen molar-refractivity contribution in [3.63, 3.8) is 0 Å². The molecule has 0 unspecified atom stereocenters. The predicted octanol–water partition coefficient (Wildman–Crippen LogP) is 4.50. The van der Waals surface area contributed by atoms with Crippen molar-refractivity contribution in [1.82, 2.24) is 9.97 Å². The van der Waals surface area contributed by atoms with Gasteiger partial charge in [-0.25, -0.2) is 9.97 Å². The summed E-state index contributed by atoms with van der Waals surface area (Å²) in [5, 5.41) is 5.34. The molecule has 0 saturated heterocycles. The molecule has 2 aromatic carbocycles. The number of para-hydroxylation sites is 2. The fourth-order valence-corrected chi connectivity index (χ4v) is 2.38. The van der Waals surface area contributed by atoms with Gasteiger partial charge in [-0.3, -0.25) is 4.79 Å². The number of benzene rings is 2. The molecule has 9 heteroatoms. The molecule has 1 heterocycles. The number of halogens is 3. The summed E-state index contributed by atoms with van der Waals surface area (Å²) in [4.78, 5) is 20.4. The van der Waals surface area contributed by atoms with E-state index in [9.17, 15) is 18.0 Å². The highest BCUT2D eigenvalue weighted by atomic mass is 19.4. The van der Waals surface area contributed by atoms with Gasteiger partial charge in [0, 0.05) is 11.9 Å². The Morgan fingerprint density at radius 1 is 1.07 bits per heavy atom. The molecule has 0 radical (unpaired) electrons. The molecule has 0 spiro atoms. The van der Waals surface area contributed by atoms with E-state index in [0.717, 1.165) is 12.1 Å². The average molecular weight is 388 g/mol. The lowest BCUT2D eigenvalue weighted by Gasteiger charge is -2.11. The number of aromatic nitrogens is 2. The van der Waals surface area contributed by atoms with Crippen LogP contribution in [0.5, 0.6) is 5.75 Å². The van der Waals surface area contributed by atoms with Gasteiger partial charge in [0.25, 0.3) is 5.91 Å². The quantitative estimate of drug-likeness (QED) is 0.673. The van der Waals surface area contributed by atoms with Crippen molar-refractivity contribution < 1.29 is 22.7 Å². The summed E-state index contributed by atoms with van der Waals surface area (Å²) in [6.45, 7) is 0. The molecular formula is C19H15F3N4O2. The van der Waals surface area contributed by atoms with Crippen molar-refractivity contribution in [2.75, 3.05) is 17.7 Å². The topological polar surface area (TPSA) is 76.1 Å². The minimum Gasteiger partial charge on any atom is -0.495 e. The second-order valence-corrected chi connectivity index (χ2v) is 5.62. The number of methoxy groups -OCH3 is 1. The smallest absolute Gasteiger partial charge is 0.416 e. The number of nitrogens with one attached hydrogen (secondary N) is 2. The first kappa shape index (κ1) is 19.2. The van der Waals surface area contributed by atoms with Gasteiger partial charge in [-0.15, -0.1) is 0 Å². The molecule has 28 heavy (non-hydrogen) atoms. The van der Waals surface area contributed by atoms with Crippen molar-refractivity contribution in [1.29, 1.82) is 0 Å². The zero-order valence-electron chi connectivity index (χ0n) is 14.6. The third kappa shape index (κ3) is 4.56. The number of amides is 1. The SMILES string of the molecule is COc1ccccc1NC(=O)c1ccnc(Nc2cccc(C(F)(F)F)c2)n1. The lowest BCUT2D eigenvalue weighted by Crippen LogP contribution is -2.15. The fourth-order valence-electron chi connectivity index (χ4n) is 2.38. The molecule has 0 aliphatic carbocycles. The van der Waals surface area contributed by atoms with Gasteiger partial charge in [-0.2, -0.15) is 13.2 Å². The maximum absolute atomic E-state index is 12.8.